The number of halogens is 1. The molecule has 30 heavy (non-hydrogen) atoms. The van der Waals surface area contributed by atoms with Gasteiger partial charge < -0.3 is 20.3 Å². The lowest BCUT2D eigenvalue weighted by Crippen LogP contribution is -2.33. The molecule has 1 fully saturated rings. The summed E-state index contributed by atoms with van der Waals surface area (Å²) in [5, 5.41) is 18.9. The van der Waals surface area contributed by atoms with Crippen molar-refractivity contribution in [3.05, 3.63) is 34.5 Å². The van der Waals surface area contributed by atoms with Crippen LogP contribution in [0.2, 0.25) is 0 Å². The maximum atomic E-state index is 14.7. The van der Waals surface area contributed by atoms with Crippen LogP contribution in [-0.2, 0) is 9.53 Å². The van der Waals surface area contributed by atoms with Crippen LogP contribution in [0, 0.1) is 11.2 Å². The summed E-state index contributed by atoms with van der Waals surface area (Å²) in [6.07, 6.45) is -0.180. The van der Waals surface area contributed by atoms with Gasteiger partial charge in [-0.05, 0) is 18.2 Å². The van der Waals surface area contributed by atoms with E-state index in [2.05, 4.69) is 25.8 Å². The van der Waals surface area contributed by atoms with Crippen molar-refractivity contribution in [3.63, 3.8) is 0 Å². The highest BCUT2D eigenvalue weighted by molar-refractivity contribution is 5.90. The lowest BCUT2D eigenvalue weighted by Gasteiger charge is -2.21. The number of nitrogens with one attached hydrogen (secondary N) is 5. The topological polar surface area (TPSA) is 159 Å². The van der Waals surface area contributed by atoms with E-state index in [4.69, 9.17) is 10.1 Å². The standard InChI is InChI=1S/C17H21FN8O4/c1-10(27)21-7-12-8-26(17(29)30-12)11-2-3-14(13(18)6-11)25(9-19)5-4-20-15-22-16(28)24-23-15/h2-3,6,9,12,19H,4-5,7-8H2,1H3,(H,21,27)(H3,20,22,23,24,28). The Hall–Kier alpha value is -3.90. The first-order chi connectivity index (χ1) is 14.4. The van der Waals surface area contributed by atoms with Crippen LogP contribution < -0.4 is 26.1 Å². The third-order valence-electron chi connectivity index (χ3n) is 4.31. The summed E-state index contributed by atoms with van der Waals surface area (Å²) < 4.78 is 19.9. The predicted octanol–water partition coefficient (Wildman–Crippen LogP) is 0.224. The van der Waals surface area contributed by atoms with E-state index in [0.29, 0.717) is 5.69 Å². The quantitative estimate of drug-likeness (QED) is 0.287. The molecule has 1 saturated heterocycles. The van der Waals surface area contributed by atoms with Gasteiger partial charge in [-0.2, -0.15) is 0 Å². The molecule has 0 bridgehead atoms. The van der Waals surface area contributed by atoms with Gasteiger partial charge in [-0.15, -0.1) is 5.10 Å². The van der Waals surface area contributed by atoms with Crippen LogP contribution in [0.4, 0.5) is 26.5 Å². The van der Waals surface area contributed by atoms with Gasteiger partial charge in [0, 0.05) is 20.0 Å². The van der Waals surface area contributed by atoms with Gasteiger partial charge in [0.25, 0.3) is 0 Å². The smallest absolute Gasteiger partial charge is 0.414 e. The Morgan fingerprint density at radius 3 is 2.93 bits per heavy atom. The molecule has 3 rings (SSSR count). The second-order valence-electron chi connectivity index (χ2n) is 6.46. The van der Waals surface area contributed by atoms with Crippen molar-refractivity contribution in [2.24, 2.45) is 0 Å². The molecule has 0 spiro atoms. The molecule has 0 aliphatic carbocycles. The maximum Gasteiger partial charge on any atom is 0.414 e. The van der Waals surface area contributed by atoms with Gasteiger partial charge in [-0.25, -0.2) is 19.1 Å². The predicted molar refractivity (Wildman–Crippen MR) is 107 cm³/mol. The minimum Gasteiger partial charge on any atom is -0.442 e. The minimum atomic E-state index is -0.626. The van der Waals surface area contributed by atoms with Gasteiger partial charge in [0.1, 0.15) is 11.9 Å². The van der Waals surface area contributed by atoms with E-state index >= 15 is 0 Å². The van der Waals surface area contributed by atoms with Crippen molar-refractivity contribution in [2.45, 2.75) is 13.0 Å². The van der Waals surface area contributed by atoms with Crippen LogP contribution in [0.5, 0.6) is 0 Å². The zero-order valence-electron chi connectivity index (χ0n) is 16.1. The zero-order chi connectivity index (χ0) is 21.7. The average molecular weight is 420 g/mol. The number of amides is 2. The van der Waals surface area contributed by atoms with Crippen LogP contribution in [0.25, 0.3) is 0 Å². The van der Waals surface area contributed by atoms with Gasteiger partial charge in [-0.3, -0.25) is 20.1 Å². The first-order valence-corrected chi connectivity index (χ1v) is 9.05. The molecule has 5 N–H and O–H groups in total. The molecule has 2 amide bonds. The molecular weight excluding hydrogens is 399 g/mol. The molecule has 1 unspecified atom stereocenters. The SMILES string of the molecule is CC(=O)NCC1CN(c2ccc(N(C=N)CCNc3n[nH]c(=O)[nH]3)c(F)c2)C(=O)O1. The largest absolute Gasteiger partial charge is 0.442 e. The second-order valence-corrected chi connectivity index (χ2v) is 6.46. The lowest BCUT2D eigenvalue weighted by atomic mass is 10.2. The Bertz CT molecular complexity index is 990. The lowest BCUT2D eigenvalue weighted by molar-refractivity contribution is -0.119. The van der Waals surface area contributed by atoms with Gasteiger partial charge in [0.15, 0.2) is 0 Å². The molecule has 0 radical (unpaired) electrons. The Morgan fingerprint density at radius 1 is 1.50 bits per heavy atom. The molecule has 160 valence electrons. The Balaban J connectivity index is 1.63. The highest BCUT2D eigenvalue weighted by Crippen LogP contribution is 2.27. The van der Waals surface area contributed by atoms with Gasteiger partial charge >= 0.3 is 11.8 Å². The highest BCUT2D eigenvalue weighted by Gasteiger charge is 2.32. The third kappa shape index (κ3) is 4.92. The number of hydrogen-bond acceptors (Lipinski definition) is 7. The number of rotatable bonds is 9. The van der Waals surface area contributed by atoms with E-state index in [1.807, 2.05) is 0 Å². The van der Waals surface area contributed by atoms with E-state index in [0.717, 1.165) is 6.34 Å². The summed E-state index contributed by atoms with van der Waals surface area (Å²) in [6.45, 7) is 2.22. The molecule has 1 aromatic heterocycles. The summed E-state index contributed by atoms with van der Waals surface area (Å²) in [6, 6.07) is 4.20. The number of carbonyl (C=O) groups excluding carboxylic acids is 2. The Labute approximate surface area is 169 Å². The van der Waals surface area contributed by atoms with Crippen molar-refractivity contribution in [1.82, 2.24) is 20.5 Å². The van der Waals surface area contributed by atoms with Crippen molar-refractivity contribution in [1.29, 1.82) is 5.41 Å². The van der Waals surface area contributed by atoms with Crippen molar-refractivity contribution in [2.75, 3.05) is 41.3 Å². The normalized spacial score (nSPS) is 15.6. The molecule has 13 heteroatoms. The van der Waals surface area contributed by atoms with E-state index in [1.54, 1.807) is 6.07 Å². The Kier molecular flexibility index (Phi) is 6.29. The second kappa shape index (κ2) is 9.07. The number of H-pyrrole nitrogens is 2. The van der Waals surface area contributed by atoms with Gasteiger partial charge in [0.2, 0.25) is 11.9 Å². The Morgan fingerprint density at radius 2 is 2.30 bits per heavy atom. The average Bonchev–Trinajstić information content (AvgIpc) is 3.29. The van der Waals surface area contributed by atoms with Crippen LogP contribution >= 0.6 is 0 Å². The van der Waals surface area contributed by atoms with Crippen molar-refractivity contribution in [3.8, 4) is 0 Å². The molecule has 2 heterocycles. The number of benzene rings is 1. The molecule has 1 aromatic carbocycles. The first kappa shape index (κ1) is 20.8. The molecule has 1 aliphatic heterocycles. The van der Waals surface area contributed by atoms with Crippen LogP contribution in [0.1, 0.15) is 6.92 Å². The van der Waals surface area contributed by atoms with E-state index in [1.165, 1.54) is 28.9 Å². The number of anilines is 3. The number of nitrogens with zero attached hydrogens (tertiary/aromatic N) is 3. The molecule has 0 saturated carbocycles. The number of hydrogen-bond donors (Lipinski definition) is 5. The summed E-state index contributed by atoms with van der Waals surface area (Å²) >= 11 is 0. The first-order valence-electron chi connectivity index (χ1n) is 9.05. The number of carbonyl (C=O) groups is 2. The third-order valence-corrected chi connectivity index (χ3v) is 4.31. The van der Waals surface area contributed by atoms with E-state index < -0.39 is 23.7 Å². The van der Waals surface area contributed by atoms with Crippen LogP contribution in [0.15, 0.2) is 23.0 Å². The highest BCUT2D eigenvalue weighted by atomic mass is 19.1. The zero-order valence-corrected chi connectivity index (χ0v) is 16.1. The molecule has 12 nitrogen and oxygen atoms in total. The fourth-order valence-electron chi connectivity index (χ4n) is 2.90. The van der Waals surface area contributed by atoms with E-state index in [-0.39, 0.29) is 43.7 Å². The number of aromatic amines is 2. The summed E-state index contributed by atoms with van der Waals surface area (Å²) in [7, 11) is 0. The van der Waals surface area contributed by atoms with E-state index in [9.17, 15) is 18.8 Å². The fourth-order valence-corrected chi connectivity index (χ4v) is 2.90. The molecule has 1 atom stereocenters. The van der Waals surface area contributed by atoms with Gasteiger partial charge in [0.05, 0.1) is 30.8 Å². The minimum absolute atomic E-state index is 0.147. The van der Waals surface area contributed by atoms with Gasteiger partial charge in [-0.1, -0.05) is 0 Å². The number of aromatic nitrogens is 3. The number of cyclic esters (lactones) is 1. The summed E-state index contributed by atoms with van der Waals surface area (Å²) in [5.41, 5.74) is -0.0000397. The maximum absolute atomic E-state index is 14.7. The summed E-state index contributed by atoms with van der Waals surface area (Å²) in [5.74, 6) is -0.621. The number of ether oxygens (including phenoxy) is 1. The molecular formula is C17H21FN8O4. The van der Waals surface area contributed by atoms with Crippen molar-refractivity contribution >= 4 is 35.7 Å². The molecule has 1 aliphatic rings. The van der Waals surface area contributed by atoms with Crippen molar-refractivity contribution < 1.29 is 18.7 Å². The molecule has 2 aromatic rings. The van der Waals surface area contributed by atoms with Crippen LogP contribution in [-0.4, -0.2) is 65.8 Å². The fraction of sp³-hybridized carbons (Fsp3) is 0.353. The monoisotopic (exact) mass is 420 g/mol. The van der Waals surface area contributed by atoms with Crippen LogP contribution in [0.3, 0.4) is 0 Å². The summed E-state index contributed by atoms with van der Waals surface area (Å²) in [4.78, 5) is 39.1.